The molecule has 5 N–H and O–H groups in total. The van der Waals surface area contributed by atoms with Crippen molar-refractivity contribution in [3.63, 3.8) is 0 Å². The number of benzene rings is 1. The minimum Gasteiger partial charge on any atom is -0.508 e. The van der Waals surface area contributed by atoms with Gasteiger partial charge in [-0.2, -0.15) is 0 Å². The maximum Gasteiger partial charge on any atom is 0.408 e. The number of hydrogen-bond donors (Lipinski definition) is 4. The monoisotopic (exact) mass is 506 g/mol. The molecule has 4 amide bonds. The van der Waals surface area contributed by atoms with Gasteiger partial charge in [0.2, 0.25) is 17.7 Å². The maximum atomic E-state index is 13.9. The van der Waals surface area contributed by atoms with Crippen LogP contribution in [0, 0.1) is 6.92 Å². The van der Waals surface area contributed by atoms with Gasteiger partial charge in [-0.05, 0) is 85.1 Å². The van der Waals surface area contributed by atoms with Crippen molar-refractivity contribution in [2.45, 2.75) is 104 Å². The second kappa shape index (κ2) is 12.1. The zero-order valence-corrected chi connectivity index (χ0v) is 22.9. The van der Waals surface area contributed by atoms with Crippen molar-refractivity contribution in [3.05, 3.63) is 29.3 Å². The van der Waals surface area contributed by atoms with Crippen LogP contribution in [-0.2, 0) is 19.1 Å². The van der Waals surface area contributed by atoms with Gasteiger partial charge < -0.3 is 31.1 Å². The highest BCUT2D eigenvalue weighted by atomic mass is 16.6. The van der Waals surface area contributed by atoms with Crippen LogP contribution in [0.1, 0.15) is 85.4 Å². The van der Waals surface area contributed by atoms with Crippen LogP contribution < -0.4 is 16.4 Å². The molecule has 3 atom stereocenters. The fourth-order valence-corrected chi connectivity index (χ4v) is 3.55. The first-order chi connectivity index (χ1) is 16.4. The molecular formula is C26H42N4O6. The molecule has 1 aromatic rings. The van der Waals surface area contributed by atoms with E-state index < -0.39 is 59.5 Å². The average molecular weight is 507 g/mol. The first kappa shape index (κ1) is 30.7. The number of phenols is 1. The van der Waals surface area contributed by atoms with Crippen molar-refractivity contribution in [2.24, 2.45) is 5.73 Å². The Balaban J connectivity index is 3.63. The lowest BCUT2D eigenvalue weighted by Gasteiger charge is -2.39. The smallest absolute Gasteiger partial charge is 0.408 e. The van der Waals surface area contributed by atoms with Gasteiger partial charge in [-0.3, -0.25) is 14.4 Å². The molecule has 0 saturated heterocycles. The predicted octanol–water partition coefficient (Wildman–Crippen LogP) is 3.05. The molecule has 1 rings (SSSR count). The molecule has 3 unspecified atom stereocenters. The topological polar surface area (TPSA) is 151 Å². The van der Waals surface area contributed by atoms with Gasteiger partial charge >= 0.3 is 6.09 Å². The molecule has 0 aliphatic heterocycles. The fraction of sp³-hybridized carbons (Fsp3) is 0.615. The Bertz CT molecular complexity index is 964. The molecule has 0 fully saturated rings. The summed E-state index contributed by atoms with van der Waals surface area (Å²) in [6.07, 6.45) is -0.882. The van der Waals surface area contributed by atoms with E-state index in [1.165, 1.54) is 11.0 Å². The summed E-state index contributed by atoms with van der Waals surface area (Å²) in [5.41, 5.74) is 4.96. The minimum atomic E-state index is -1.35. The van der Waals surface area contributed by atoms with E-state index in [1.807, 2.05) is 27.7 Å². The molecule has 0 aliphatic carbocycles. The summed E-state index contributed by atoms with van der Waals surface area (Å²) in [5, 5.41) is 15.4. The third kappa shape index (κ3) is 9.39. The number of carbonyl (C=O) groups excluding carboxylic acids is 4. The molecule has 0 spiro atoms. The van der Waals surface area contributed by atoms with Crippen molar-refractivity contribution >= 4 is 23.8 Å². The van der Waals surface area contributed by atoms with E-state index in [9.17, 15) is 24.3 Å². The van der Waals surface area contributed by atoms with Crippen molar-refractivity contribution in [3.8, 4) is 5.75 Å². The predicted molar refractivity (Wildman–Crippen MR) is 137 cm³/mol. The van der Waals surface area contributed by atoms with Gasteiger partial charge in [0.1, 0.15) is 23.4 Å². The number of primary amides is 1. The van der Waals surface area contributed by atoms with Crippen LogP contribution in [0.3, 0.4) is 0 Å². The normalized spacial score (nSPS) is 14.2. The number of nitrogens with two attached hydrogens (primary N) is 1. The fourth-order valence-electron chi connectivity index (χ4n) is 3.55. The molecule has 0 aromatic heterocycles. The van der Waals surface area contributed by atoms with Gasteiger partial charge in [0.05, 0.1) is 6.42 Å². The lowest BCUT2D eigenvalue weighted by Crippen LogP contribution is -2.57. The molecule has 36 heavy (non-hydrogen) atoms. The first-order valence-electron chi connectivity index (χ1n) is 12.1. The van der Waals surface area contributed by atoms with E-state index in [2.05, 4.69) is 10.6 Å². The van der Waals surface area contributed by atoms with Gasteiger partial charge in [0, 0.05) is 11.6 Å². The average Bonchev–Trinajstić information content (AvgIpc) is 2.69. The summed E-state index contributed by atoms with van der Waals surface area (Å²) in [4.78, 5) is 53.2. The number of nitrogens with zero attached hydrogens (tertiary/aromatic N) is 1. The number of rotatable bonds is 9. The quantitative estimate of drug-likeness (QED) is 0.404. The Morgan fingerprint density at radius 1 is 1.11 bits per heavy atom. The van der Waals surface area contributed by atoms with E-state index in [-0.39, 0.29) is 5.75 Å². The Hall–Kier alpha value is -3.30. The summed E-state index contributed by atoms with van der Waals surface area (Å²) < 4.78 is 5.27. The first-order valence-corrected chi connectivity index (χ1v) is 12.1. The number of phenolic OH excluding ortho intramolecular Hbond substituents is 1. The van der Waals surface area contributed by atoms with E-state index in [4.69, 9.17) is 10.5 Å². The number of alkyl carbamates (subject to hydrolysis) is 1. The molecule has 202 valence electrons. The van der Waals surface area contributed by atoms with Crippen LogP contribution in [0.15, 0.2) is 18.2 Å². The van der Waals surface area contributed by atoms with Crippen LogP contribution in [-0.4, -0.2) is 57.0 Å². The van der Waals surface area contributed by atoms with E-state index in [0.29, 0.717) is 17.5 Å². The van der Waals surface area contributed by atoms with Gasteiger partial charge in [-0.1, -0.05) is 13.0 Å². The summed E-state index contributed by atoms with van der Waals surface area (Å²) in [6, 6.07) is 1.74. The lowest BCUT2D eigenvalue weighted by atomic mass is 9.96. The van der Waals surface area contributed by atoms with Crippen LogP contribution >= 0.6 is 0 Å². The third-order valence-electron chi connectivity index (χ3n) is 5.28. The van der Waals surface area contributed by atoms with Crippen LogP contribution in [0.4, 0.5) is 4.79 Å². The zero-order chi connectivity index (χ0) is 28.0. The molecule has 0 radical (unpaired) electrons. The molecule has 0 saturated carbocycles. The van der Waals surface area contributed by atoms with Crippen LogP contribution in [0.5, 0.6) is 5.75 Å². The molecule has 1 aromatic carbocycles. The SMILES string of the molecule is CCC(C)N(C(=O)C(CC(N)=O)NC(=O)OC(C)(C)C)C(C(=O)NC(C)(C)C)c1ccc(O)c(C)c1. The molecule has 10 heteroatoms. The van der Waals surface area contributed by atoms with Crippen molar-refractivity contribution in [2.75, 3.05) is 0 Å². The molecule has 0 heterocycles. The third-order valence-corrected chi connectivity index (χ3v) is 5.28. The van der Waals surface area contributed by atoms with Crippen molar-refractivity contribution < 1.29 is 29.0 Å². The molecule has 0 aliphatic rings. The summed E-state index contributed by atoms with van der Waals surface area (Å²) in [7, 11) is 0. The highest BCUT2D eigenvalue weighted by molar-refractivity contribution is 5.95. The number of amides is 4. The minimum absolute atomic E-state index is 0.0494. The highest BCUT2D eigenvalue weighted by Gasteiger charge is 2.40. The zero-order valence-electron chi connectivity index (χ0n) is 22.9. The second-order valence-corrected chi connectivity index (χ2v) is 11.1. The van der Waals surface area contributed by atoms with Crippen LogP contribution in [0.2, 0.25) is 0 Å². The number of ether oxygens (including phenoxy) is 1. The van der Waals surface area contributed by atoms with Gasteiger partial charge in [-0.15, -0.1) is 0 Å². The Labute approximate surface area is 213 Å². The number of carbonyl (C=O) groups is 4. The summed E-state index contributed by atoms with van der Waals surface area (Å²) in [6.45, 7) is 15.8. The number of aryl methyl sites for hydroxylation is 1. The summed E-state index contributed by atoms with van der Waals surface area (Å²) >= 11 is 0. The van der Waals surface area contributed by atoms with Gasteiger partial charge in [-0.25, -0.2) is 4.79 Å². The van der Waals surface area contributed by atoms with Gasteiger partial charge in [0.25, 0.3) is 0 Å². The Morgan fingerprint density at radius 3 is 2.14 bits per heavy atom. The maximum absolute atomic E-state index is 13.9. The molecular weight excluding hydrogens is 464 g/mol. The highest BCUT2D eigenvalue weighted by Crippen LogP contribution is 2.30. The van der Waals surface area contributed by atoms with E-state index >= 15 is 0 Å². The van der Waals surface area contributed by atoms with E-state index in [1.54, 1.807) is 46.8 Å². The number of nitrogens with one attached hydrogen (secondary N) is 2. The lowest BCUT2D eigenvalue weighted by molar-refractivity contribution is -0.146. The Morgan fingerprint density at radius 2 is 1.69 bits per heavy atom. The second-order valence-electron chi connectivity index (χ2n) is 11.1. The van der Waals surface area contributed by atoms with Crippen LogP contribution in [0.25, 0.3) is 0 Å². The number of hydrogen-bond acceptors (Lipinski definition) is 6. The standard InChI is InChI=1S/C26H42N4O6/c1-10-16(3)30(23(34)18(14-20(27)32)28-24(35)36-26(7,8)9)21(22(33)29-25(4,5)6)17-11-12-19(31)15(2)13-17/h11-13,16,18,21,31H,10,14H2,1-9H3,(H2,27,32)(H,28,35)(H,29,33). The van der Waals surface area contributed by atoms with Crippen molar-refractivity contribution in [1.82, 2.24) is 15.5 Å². The van der Waals surface area contributed by atoms with E-state index in [0.717, 1.165) is 0 Å². The van der Waals surface area contributed by atoms with Crippen molar-refractivity contribution in [1.29, 1.82) is 0 Å². The molecule has 0 bridgehead atoms. The number of aromatic hydroxyl groups is 1. The largest absolute Gasteiger partial charge is 0.508 e. The Kier molecular flexibility index (Phi) is 10.3. The van der Waals surface area contributed by atoms with Gasteiger partial charge in [0.15, 0.2) is 0 Å². The summed E-state index contributed by atoms with van der Waals surface area (Å²) in [5.74, 6) is -1.86. The molecule has 10 nitrogen and oxygen atoms in total.